The molecule has 0 heterocycles. The van der Waals surface area contributed by atoms with Gasteiger partial charge in [-0.15, -0.1) is 0 Å². The van der Waals surface area contributed by atoms with Gasteiger partial charge in [0.1, 0.15) is 5.75 Å². The topological polar surface area (TPSA) is 86.5 Å². The molecular weight excluding hydrogens is 322 g/mol. The Hall–Kier alpha value is -1.41. The molecule has 0 radical (unpaired) electrons. The van der Waals surface area contributed by atoms with E-state index >= 15 is 0 Å². The quantitative estimate of drug-likeness (QED) is 0.463. The third-order valence-electron chi connectivity index (χ3n) is 3.84. The fourth-order valence-electron chi connectivity index (χ4n) is 1.60. The summed E-state index contributed by atoms with van der Waals surface area (Å²) >= 11 is 0. The lowest BCUT2D eigenvalue weighted by molar-refractivity contribution is -0.384. The zero-order valence-electron chi connectivity index (χ0n) is 13.8. The zero-order valence-corrected chi connectivity index (χ0v) is 15.7. The summed E-state index contributed by atoms with van der Waals surface area (Å²) in [7, 11) is -5.48. The number of benzene rings is 1. The third kappa shape index (κ3) is 4.81. The number of nitro groups is 1. The molecule has 0 unspecified atom stereocenters. The summed E-state index contributed by atoms with van der Waals surface area (Å²) in [5.41, 5.74) is 0.197. The Morgan fingerprint density at radius 3 is 2.23 bits per heavy atom. The van der Waals surface area contributed by atoms with Gasteiger partial charge in [-0.05, 0) is 24.2 Å². The van der Waals surface area contributed by atoms with Crippen LogP contribution < -0.4 is 4.43 Å². The molecule has 0 bridgehead atoms. The van der Waals surface area contributed by atoms with Crippen LogP contribution in [-0.4, -0.2) is 27.9 Å². The molecule has 0 amide bonds. The highest BCUT2D eigenvalue weighted by molar-refractivity contribution is 7.89. The highest BCUT2D eigenvalue weighted by atomic mass is 32.2. The largest absolute Gasteiger partial charge is 0.543 e. The van der Waals surface area contributed by atoms with Crippen LogP contribution in [0.3, 0.4) is 0 Å². The van der Waals surface area contributed by atoms with Crippen LogP contribution >= 0.6 is 0 Å². The Labute approximate surface area is 132 Å². The summed E-state index contributed by atoms with van der Waals surface area (Å²) in [5, 5.41) is 10.8. The number of sulfone groups is 1. The summed E-state index contributed by atoms with van der Waals surface area (Å²) < 4.78 is 29.3. The van der Waals surface area contributed by atoms with Crippen molar-refractivity contribution in [2.75, 3.05) is 6.26 Å². The first-order valence-corrected chi connectivity index (χ1v) is 11.8. The van der Waals surface area contributed by atoms with E-state index in [4.69, 9.17) is 4.43 Å². The normalized spacial score (nSPS) is 13.0. The smallest absolute Gasteiger partial charge is 0.270 e. The van der Waals surface area contributed by atoms with Gasteiger partial charge in [-0.25, -0.2) is 8.42 Å². The number of rotatable bonds is 5. The monoisotopic (exact) mass is 345 g/mol. The lowest BCUT2D eigenvalue weighted by atomic mass is 10.2. The summed E-state index contributed by atoms with van der Waals surface area (Å²) in [5.74, 6) is 0.140. The molecule has 0 aromatic heterocycles. The molecule has 0 aliphatic rings. The molecule has 0 aliphatic heterocycles. The van der Waals surface area contributed by atoms with E-state index in [9.17, 15) is 18.5 Å². The van der Waals surface area contributed by atoms with E-state index < -0.39 is 23.1 Å². The summed E-state index contributed by atoms with van der Waals surface area (Å²) in [6.07, 6.45) is 1.10. The van der Waals surface area contributed by atoms with Crippen LogP contribution in [0.15, 0.2) is 18.2 Å². The SMILES string of the molecule is CC(C)(C)[Si](C)(C)Oc1ccc([N+](=O)[O-])cc1CS(C)(=O)=O. The Bertz CT molecular complexity index is 677. The van der Waals surface area contributed by atoms with E-state index in [0.717, 1.165) is 6.26 Å². The number of nitrogens with zero attached hydrogens (tertiary/aromatic N) is 1. The molecule has 8 heteroatoms. The first-order chi connectivity index (χ1) is 9.73. The predicted octanol–water partition coefficient (Wildman–Crippen LogP) is 3.52. The lowest BCUT2D eigenvalue weighted by Crippen LogP contribution is -2.44. The van der Waals surface area contributed by atoms with E-state index in [2.05, 4.69) is 20.8 Å². The summed E-state index contributed by atoms with van der Waals surface area (Å²) in [6, 6.07) is 4.12. The van der Waals surface area contributed by atoms with Crippen LogP contribution in [-0.2, 0) is 15.6 Å². The van der Waals surface area contributed by atoms with E-state index in [1.54, 1.807) is 0 Å². The molecule has 0 fully saturated rings. The van der Waals surface area contributed by atoms with Crippen molar-refractivity contribution < 1.29 is 17.8 Å². The van der Waals surface area contributed by atoms with Gasteiger partial charge in [0.2, 0.25) is 8.32 Å². The Balaban J connectivity index is 3.32. The van der Waals surface area contributed by atoms with Gasteiger partial charge in [0.25, 0.3) is 5.69 Å². The minimum atomic E-state index is -3.32. The van der Waals surface area contributed by atoms with Crippen molar-refractivity contribution in [2.45, 2.75) is 44.7 Å². The Morgan fingerprint density at radius 1 is 1.27 bits per heavy atom. The Kier molecular flexibility index (Phi) is 5.08. The zero-order chi connectivity index (χ0) is 17.3. The minimum absolute atomic E-state index is 0.0584. The van der Waals surface area contributed by atoms with E-state index in [1.807, 2.05) is 13.1 Å². The van der Waals surface area contributed by atoms with Crippen molar-refractivity contribution in [1.82, 2.24) is 0 Å². The van der Waals surface area contributed by atoms with Gasteiger partial charge in [-0.1, -0.05) is 20.8 Å². The molecule has 0 N–H and O–H groups in total. The lowest BCUT2D eigenvalue weighted by Gasteiger charge is -2.37. The molecule has 0 atom stereocenters. The van der Waals surface area contributed by atoms with Gasteiger partial charge in [0.15, 0.2) is 9.84 Å². The average molecular weight is 345 g/mol. The standard InChI is InChI=1S/C14H23NO5SSi/c1-14(2,3)22(5,6)20-13-8-7-12(15(16)17)9-11(13)10-21(4,18)19/h7-9H,10H2,1-6H3. The van der Waals surface area contributed by atoms with Gasteiger partial charge < -0.3 is 4.43 Å². The van der Waals surface area contributed by atoms with Crippen LogP contribution in [0, 0.1) is 10.1 Å². The average Bonchev–Trinajstić information content (AvgIpc) is 2.27. The van der Waals surface area contributed by atoms with Crippen molar-refractivity contribution in [3.8, 4) is 5.75 Å². The molecule has 0 spiro atoms. The van der Waals surface area contributed by atoms with Crippen LogP contribution in [0.4, 0.5) is 5.69 Å². The molecule has 0 aliphatic carbocycles. The second-order valence-electron chi connectivity index (χ2n) is 6.98. The predicted molar refractivity (Wildman–Crippen MR) is 89.5 cm³/mol. The second kappa shape index (κ2) is 6.00. The second-order valence-corrected chi connectivity index (χ2v) is 13.8. The van der Waals surface area contributed by atoms with Crippen LogP contribution in [0.1, 0.15) is 26.3 Å². The molecule has 22 heavy (non-hydrogen) atoms. The molecular formula is C14H23NO5SSi. The minimum Gasteiger partial charge on any atom is -0.543 e. The highest BCUT2D eigenvalue weighted by Crippen LogP contribution is 2.39. The Morgan fingerprint density at radius 2 is 1.82 bits per heavy atom. The van der Waals surface area contributed by atoms with Crippen molar-refractivity contribution in [2.24, 2.45) is 0 Å². The molecule has 124 valence electrons. The van der Waals surface area contributed by atoms with Crippen molar-refractivity contribution in [3.05, 3.63) is 33.9 Å². The van der Waals surface area contributed by atoms with E-state index in [0.29, 0.717) is 11.3 Å². The molecule has 1 aromatic rings. The van der Waals surface area contributed by atoms with Gasteiger partial charge in [-0.2, -0.15) is 0 Å². The van der Waals surface area contributed by atoms with Gasteiger partial charge in [0, 0.05) is 24.0 Å². The number of nitro benzene ring substituents is 1. The van der Waals surface area contributed by atoms with Crippen LogP contribution in [0.5, 0.6) is 5.75 Å². The molecule has 0 saturated carbocycles. The third-order valence-corrected chi connectivity index (χ3v) is 9.02. The maximum atomic E-state index is 11.6. The molecule has 1 rings (SSSR count). The van der Waals surface area contributed by atoms with Crippen LogP contribution in [0.2, 0.25) is 18.1 Å². The maximum Gasteiger partial charge on any atom is 0.270 e. The van der Waals surface area contributed by atoms with Crippen molar-refractivity contribution >= 4 is 23.8 Å². The number of non-ortho nitro benzene ring substituents is 1. The van der Waals surface area contributed by atoms with Crippen molar-refractivity contribution in [1.29, 1.82) is 0 Å². The fourth-order valence-corrected chi connectivity index (χ4v) is 3.45. The van der Waals surface area contributed by atoms with Crippen LogP contribution in [0.25, 0.3) is 0 Å². The van der Waals surface area contributed by atoms with Gasteiger partial charge in [-0.3, -0.25) is 10.1 Å². The van der Waals surface area contributed by atoms with E-state index in [-0.39, 0.29) is 16.5 Å². The first kappa shape index (κ1) is 18.6. The van der Waals surface area contributed by atoms with Crippen molar-refractivity contribution in [3.63, 3.8) is 0 Å². The molecule has 0 saturated heterocycles. The molecule has 1 aromatic carbocycles. The first-order valence-electron chi connectivity index (χ1n) is 6.87. The highest BCUT2D eigenvalue weighted by Gasteiger charge is 2.39. The van der Waals surface area contributed by atoms with Gasteiger partial charge in [0.05, 0.1) is 10.7 Å². The summed E-state index contributed by atoms with van der Waals surface area (Å²) in [4.78, 5) is 10.4. The summed E-state index contributed by atoms with van der Waals surface area (Å²) in [6.45, 7) is 10.3. The fraction of sp³-hybridized carbons (Fsp3) is 0.571. The molecule has 6 nitrogen and oxygen atoms in total. The van der Waals surface area contributed by atoms with Gasteiger partial charge >= 0.3 is 0 Å². The maximum absolute atomic E-state index is 11.6. The number of hydrogen-bond acceptors (Lipinski definition) is 5. The van der Waals surface area contributed by atoms with E-state index in [1.165, 1.54) is 18.2 Å². The number of hydrogen-bond donors (Lipinski definition) is 0.